The van der Waals surface area contributed by atoms with Gasteiger partial charge in [-0.15, -0.1) is 0 Å². The average Bonchev–Trinajstić information content (AvgIpc) is 2.61. The molecule has 3 rings (SSSR count). The van der Waals surface area contributed by atoms with Gasteiger partial charge in [-0.05, 0) is 30.2 Å². The normalized spacial score (nSPS) is 11.0. The van der Waals surface area contributed by atoms with Gasteiger partial charge in [0.15, 0.2) is 11.5 Å². The molecule has 0 aliphatic carbocycles. The van der Waals surface area contributed by atoms with Crippen LogP contribution in [0, 0.1) is 17.6 Å². The molecule has 26 heavy (non-hydrogen) atoms. The molecule has 0 fully saturated rings. The second-order valence-corrected chi connectivity index (χ2v) is 6.15. The van der Waals surface area contributed by atoms with E-state index in [-0.39, 0.29) is 29.7 Å². The summed E-state index contributed by atoms with van der Waals surface area (Å²) in [6.07, 6.45) is 0. The van der Waals surface area contributed by atoms with Crippen molar-refractivity contribution >= 4 is 28.5 Å². The maximum absolute atomic E-state index is 14.0. The zero-order chi connectivity index (χ0) is 18.7. The van der Waals surface area contributed by atoms with Crippen LogP contribution in [0.5, 0.6) is 0 Å². The summed E-state index contributed by atoms with van der Waals surface area (Å²) in [5.41, 5.74) is 0.953. The smallest absolute Gasteiger partial charge is 0.360 e. The van der Waals surface area contributed by atoms with Crippen molar-refractivity contribution in [2.45, 2.75) is 13.8 Å². The Bertz CT molecular complexity index is 961. The third-order valence-corrected chi connectivity index (χ3v) is 3.50. The number of rotatable bonds is 5. The molecular weight excluding hydrogens is 340 g/mol. The maximum atomic E-state index is 14.0. The summed E-state index contributed by atoms with van der Waals surface area (Å²) in [4.78, 5) is 21.1. The van der Waals surface area contributed by atoms with Crippen molar-refractivity contribution in [1.82, 2.24) is 9.97 Å². The molecule has 2 aromatic carbocycles. The number of halogens is 2. The van der Waals surface area contributed by atoms with Gasteiger partial charge < -0.3 is 10.1 Å². The van der Waals surface area contributed by atoms with E-state index in [9.17, 15) is 13.6 Å². The minimum atomic E-state index is -0.804. The van der Waals surface area contributed by atoms with E-state index in [1.54, 1.807) is 24.3 Å². The van der Waals surface area contributed by atoms with Gasteiger partial charge in [0.2, 0.25) is 0 Å². The average molecular weight is 357 g/mol. The zero-order valence-corrected chi connectivity index (χ0v) is 14.3. The topological polar surface area (TPSA) is 64.1 Å². The second-order valence-electron chi connectivity index (χ2n) is 6.15. The van der Waals surface area contributed by atoms with Crippen molar-refractivity contribution in [3.05, 3.63) is 59.8 Å². The molecule has 0 aliphatic rings. The highest BCUT2D eigenvalue weighted by atomic mass is 19.1. The number of nitrogens with one attached hydrogen (secondary N) is 1. The number of nitrogens with zero attached hydrogens (tertiary/aromatic N) is 2. The van der Waals surface area contributed by atoms with E-state index in [1.807, 2.05) is 13.8 Å². The number of anilines is 2. The number of aromatic nitrogens is 2. The van der Waals surface area contributed by atoms with Crippen LogP contribution < -0.4 is 5.32 Å². The van der Waals surface area contributed by atoms with Gasteiger partial charge in [0.05, 0.1) is 23.3 Å². The summed E-state index contributed by atoms with van der Waals surface area (Å²) in [6.45, 7) is 4.04. The summed E-state index contributed by atoms with van der Waals surface area (Å²) in [5.74, 6) is -1.97. The summed E-state index contributed by atoms with van der Waals surface area (Å²) in [5, 5.41) is 2.71. The van der Waals surface area contributed by atoms with Crippen molar-refractivity contribution in [2.75, 3.05) is 11.9 Å². The van der Waals surface area contributed by atoms with Crippen molar-refractivity contribution in [2.24, 2.45) is 5.92 Å². The molecule has 1 heterocycles. The first-order valence-electron chi connectivity index (χ1n) is 8.10. The minimum absolute atomic E-state index is 0.0195. The van der Waals surface area contributed by atoms with E-state index in [0.29, 0.717) is 11.0 Å². The Morgan fingerprint density at radius 3 is 2.46 bits per heavy atom. The molecule has 0 radical (unpaired) electrons. The molecule has 0 spiro atoms. The van der Waals surface area contributed by atoms with E-state index in [4.69, 9.17) is 4.74 Å². The van der Waals surface area contributed by atoms with Gasteiger partial charge in [-0.25, -0.2) is 23.5 Å². The van der Waals surface area contributed by atoms with Crippen LogP contribution in [0.3, 0.4) is 0 Å². The lowest BCUT2D eigenvalue weighted by Crippen LogP contribution is -2.15. The number of carbonyl (C=O) groups is 1. The van der Waals surface area contributed by atoms with Crippen molar-refractivity contribution < 1.29 is 18.3 Å². The first kappa shape index (κ1) is 17.7. The summed E-state index contributed by atoms with van der Waals surface area (Å²) in [7, 11) is 0. The van der Waals surface area contributed by atoms with Crippen LogP contribution >= 0.6 is 0 Å². The molecule has 0 saturated carbocycles. The standard InChI is InChI=1S/C19H17F2N3O2/c1-11(2)10-26-19(25)17-18(23-14-8-7-12(20)9-13(14)21)24-16-6-4-3-5-15(16)22-17/h3-9,11H,10H2,1-2H3,(H,23,24). The fourth-order valence-corrected chi connectivity index (χ4v) is 2.26. The Balaban J connectivity index is 2.03. The third-order valence-electron chi connectivity index (χ3n) is 3.50. The molecule has 7 heteroatoms. The van der Waals surface area contributed by atoms with Crippen molar-refractivity contribution in [1.29, 1.82) is 0 Å². The van der Waals surface area contributed by atoms with E-state index in [2.05, 4.69) is 15.3 Å². The number of benzene rings is 2. The van der Waals surface area contributed by atoms with Crippen LogP contribution in [0.2, 0.25) is 0 Å². The quantitative estimate of drug-likeness (QED) is 0.683. The molecule has 0 unspecified atom stereocenters. The first-order valence-corrected chi connectivity index (χ1v) is 8.10. The van der Waals surface area contributed by atoms with Gasteiger partial charge in [-0.2, -0.15) is 0 Å². The van der Waals surface area contributed by atoms with Gasteiger partial charge in [0.25, 0.3) is 0 Å². The van der Waals surface area contributed by atoms with Crippen molar-refractivity contribution in [3.63, 3.8) is 0 Å². The number of ether oxygens (including phenoxy) is 1. The fraction of sp³-hybridized carbons (Fsp3) is 0.211. The predicted molar refractivity (Wildman–Crippen MR) is 94.3 cm³/mol. The maximum Gasteiger partial charge on any atom is 0.360 e. The van der Waals surface area contributed by atoms with E-state index in [1.165, 1.54) is 6.07 Å². The Labute approximate surface area is 149 Å². The lowest BCUT2D eigenvalue weighted by Gasteiger charge is -2.13. The number of fused-ring (bicyclic) bond motifs is 1. The molecule has 1 aromatic heterocycles. The molecule has 134 valence electrons. The number of esters is 1. The highest BCUT2D eigenvalue weighted by molar-refractivity contribution is 5.96. The monoisotopic (exact) mass is 357 g/mol. The molecule has 5 nitrogen and oxygen atoms in total. The van der Waals surface area contributed by atoms with Crippen LogP contribution in [0.1, 0.15) is 24.3 Å². The molecule has 1 N–H and O–H groups in total. The van der Waals surface area contributed by atoms with E-state index < -0.39 is 17.6 Å². The molecule has 3 aromatic rings. The van der Waals surface area contributed by atoms with Crippen molar-refractivity contribution in [3.8, 4) is 0 Å². The zero-order valence-electron chi connectivity index (χ0n) is 14.3. The first-order chi connectivity index (χ1) is 12.4. The fourth-order valence-electron chi connectivity index (χ4n) is 2.26. The van der Waals surface area contributed by atoms with Crippen LogP contribution in [-0.4, -0.2) is 22.5 Å². The molecule has 0 amide bonds. The Morgan fingerprint density at radius 1 is 1.12 bits per heavy atom. The Morgan fingerprint density at radius 2 is 1.81 bits per heavy atom. The van der Waals surface area contributed by atoms with Crippen LogP contribution in [0.15, 0.2) is 42.5 Å². The molecule has 0 bridgehead atoms. The Kier molecular flexibility index (Phi) is 5.06. The van der Waals surface area contributed by atoms with Crippen LogP contribution in [0.4, 0.5) is 20.3 Å². The SMILES string of the molecule is CC(C)COC(=O)c1nc2ccccc2nc1Nc1ccc(F)cc1F. The molecule has 0 atom stereocenters. The highest BCUT2D eigenvalue weighted by Crippen LogP contribution is 2.24. The number of carbonyl (C=O) groups excluding carboxylic acids is 1. The van der Waals surface area contributed by atoms with E-state index >= 15 is 0 Å². The van der Waals surface area contributed by atoms with Gasteiger partial charge in [0, 0.05) is 6.07 Å². The minimum Gasteiger partial charge on any atom is -0.461 e. The Hall–Kier alpha value is -3.09. The summed E-state index contributed by atoms with van der Waals surface area (Å²) < 4.78 is 32.3. The highest BCUT2D eigenvalue weighted by Gasteiger charge is 2.19. The lowest BCUT2D eigenvalue weighted by atomic mass is 10.2. The third kappa shape index (κ3) is 3.93. The molecule has 0 saturated heterocycles. The number of hydrogen-bond donors (Lipinski definition) is 1. The number of hydrogen-bond acceptors (Lipinski definition) is 5. The van der Waals surface area contributed by atoms with Crippen LogP contribution in [0.25, 0.3) is 11.0 Å². The van der Waals surface area contributed by atoms with Crippen LogP contribution in [-0.2, 0) is 4.74 Å². The van der Waals surface area contributed by atoms with Gasteiger partial charge in [0.1, 0.15) is 11.6 Å². The van der Waals surface area contributed by atoms with Gasteiger partial charge in [-0.3, -0.25) is 0 Å². The van der Waals surface area contributed by atoms with Gasteiger partial charge >= 0.3 is 5.97 Å². The lowest BCUT2D eigenvalue weighted by molar-refractivity contribution is 0.0453. The second kappa shape index (κ2) is 7.43. The predicted octanol–water partition coefficient (Wildman–Crippen LogP) is 4.46. The summed E-state index contributed by atoms with van der Waals surface area (Å²) >= 11 is 0. The summed E-state index contributed by atoms with van der Waals surface area (Å²) in [6, 6.07) is 10.1. The van der Waals surface area contributed by atoms with Gasteiger partial charge in [-0.1, -0.05) is 26.0 Å². The largest absolute Gasteiger partial charge is 0.461 e. The number of para-hydroxylation sites is 2. The molecular formula is C19H17F2N3O2. The van der Waals surface area contributed by atoms with E-state index in [0.717, 1.165) is 12.1 Å². The molecule has 0 aliphatic heterocycles.